The number of rotatable bonds is 7. The van der Waals surface area contributed by atoms with Crippen LogP contribution in [-0.2, 0) is 11.2 Å². The van der Waals surface area contributed by atoms with Gasteiger partial charge in [0.25, 0.3) is 0 Å². The Labute approximate surface area is 195 Å². The van der Waals surface area contributed by atoms with E-state index in [0.29, 0.717) is 13.0 Å². The highest BCUT2D eigenvalue weighted by Gasteiger charge is 2.20. The maximum Gasteiger partial charge on any atom is 0.225 e. The van der Waals surface area contributed by atoms with Gasteiger partial charge in [-0.25, -0.2) is 4.98 Å². The summed E-state index contributed by atoms with van der Waals surface area (Å²) in [6.07, 6.45) is 2.41. The molecule has 0 bridgehead atoms. The van der Waals surface area contributed by atoms with Gasteiger partial charge in [0.1, 0.15) is 0 Å². The minimum Gasteiger partial charge on any atom is -0.361 e. The van der Waals surface area contributed by atoms with Crippen LogP contribution >= 0.6 is 22.7 Å². The van der Waals surface area contributed by atoms with Crippen molar-refractivity contribution in [1.82, 2.24) is 15.3 Å². The van der Waals surface area contributed by atoms with Crippen LogP contribution in [0.5, 0.6) is 0 Å². The highest BCUT2D eigenvalue weighted by Crippen LogP contribution is 2.32. The van der Waals surface area contributed by atoms with Gasteiger partial charge >= 0.3 is 0 Å². The number of carbonyl (C=O) groups excluding carboxylic acids is 1. The summed E-state index contributed by atoms with van der Waals surface area (Å²) in [6.45, 7) is 2.53. The zero-order valence-electron chi connectivity index (χ0n) is 17.7. The number of aromatic amines is 1. The van der Waals surface area contributed by atoms with Crippen LogP contribution in [0.4, 0.5) is 0 Å². The third-order valence-electron chi connectivity index (χ3n) is 5.58. The summed E-state index contributed by atoms with van der Waals surface area (Å²) >= 11 is 3.26. The Morgan fingerprint density at radius 1 is 1.06 bits per heavy atom. The van der Waals surface area contributed by atoms with Gasteiger partial charge in [0.05, 0.1) is 22.0 Å². The van der Waals surface area contributed by atoms with Gasteiger partial charge in [0.2, 0.25) is 5.91 Å². The van der Waals surface area contributed by atoms with Gasteiger partial charge in [-0.2, -0.15) is 0 Å². The molecule has 2 N–H and O–H groups in total. The highest BCUT2D eigenvalue weighted by atomic mass is 32.1. The van der Waals surface area contributed by atoms with Gasteiger partial charge < -0.3 is 10.3 Å². The Kier molecular flexibility index (Phi) is 5.88. The van der Waals surface area contributed by atoms with E-state index in [0.717, 1.165) is 26.0 Å². The maximum absolute atomic E-state index is 13.0. The lowest BCUT2D eigenvalue weighted by molar-refractivity contribution is -0.120. The van der Waals surface area contributed by atoms with Crippen LogP contribution < -0.4 is 5.32 Å². The molecule has 0 radical (unpaired) electrons. The molecule has 0 spiro atoms. The number of aromatic nitrogens is 2. The number of para-hydroxylation sites is 1. The summed E-state index contributed by atoms with van der Waals surface area (Å²) in [5.41, 5.74) is 4.43. The van der Waals surface area contributed by atoms with E-state index in [-0.39, 0.29) is 11.8 Å². The fraction of sp³-hybridized carbons (Fsp3) is 0.154. The molecule has 0 aliphatic carbocycles. The number of benzene rings is 2. The number of hydrogen-bond acceptors (Lipinski definition) is 4. The molecule has 6 heteroatoms. The molecule has 0 saturated heterocycles. The highest BCUT2D eigenvalue weighted by molar-refractivity contribution is 7.15. The van der Waals surface area contributed by atoms with Crippen molar-refractivity contribution in [2.45, 2.75) is 19.3 Å². The van der Waals surface area contributed by atoms with Crippen LogP contribution in [0.25, 0.3) is 21.5 Å². The predicted molar refractivity (Wildman–Crippen MR) is 133 cm³/mol. The Bertz CT molecular complexity index is 1340. The predicted octanol–water partition coefficient (Wildman–Crippen LogP) is 6.15. The van der Waals surface area contributed by atoms with Gasteiger partial charge in [0, 0.05) is 34.4 Å². The van der Waals surface area contributed by atoms with Crippen molar-refractivity contribution in [3.63, 3.8) is 0 Å². The van der Waals surface area contributed by atoms with Crippen LogP contribution in [0, 0.1) is 6.92 Å². The number of fused-ring (bicyclic) bond motifs is 1. The largest absolute Gasteiger partial charge is 0.361 e. The molecule has 1 amide bonds. The van der Waals surface area contributed by atoms with Crippen molar-refractivity contribution in [1.29, 1.82) is 0 Å². The zero-order valence-corrected chi connectivity index (χ0v) is 19.3. The van der Waals surface area contributed by atoms with E-state index >= 15 is 0 Å². The second kappa shape index (κ2) is 9.10. The molecule has 0 unspecified atom stereocenters. The summed E-state index contributed by atoms with van der Waals surface area (Å²) in [6, 6.07) is 22.7. The standard InChI is InChI=1S/C26H23N3OS2/c1-17-29-26(23-12-7-13-31-23)24(32-17)14-25(30)28-15-20(18-8-3-2-4-9-18)21-16-27-22-11-6-5-10-19(21)22/h2-13,16,20,27H,14-15H2,1H3,(H,28,30)/t20-/m1/s1. The molecule has 3 aromatic heterocycles. The third-order valence-corrected chi connectivity index (χ3v) is 7.43. The first kappa shape index (κ1) is 20.7. The Hall–Kier alpha value is -3.22. The molecule has 1 atom stereocenters. The van der Waals surface area contributed by atoms with Crippen molar-refractivity contribution in [2.75, 3.05) is 6.54 Å². The number of thiophene rings is 1. The van der Waals surface area contributed by atoms with Gasteiger partial charge in [0.15, 0.2) is 0 Å². The number of carbonyl (C=O) groups is 1. The minimum atomic E-state index is 0.0206. The van der Waals surface area contributed by atoms with Crippen molar-refractivity contribution in [3.05, 3.63) is 99.3 Å². The number of amides is 1. The summed E-state index contributed by atoms with van der Waals surface area (Å²) in [5, 5.41) is 7.41. The van der Waals surface area contributed by atoms with E-state index in [2.05, 4.69) is 57.9 Å². The molecule has 0 fully saturated rings. The van der Waals surface area contributed by atoms with E-state index in [1.165, 1.54) is 16.5 Å². The lowest BCUT2D eigenvalue weighted by atomic mass is 9.91. The van der Waals surface area contributed by atoms with Crippen LogP contribution in [0.1, 0.15) is 26.9 Å². The smallest absolute Gasteiger partial charge is 0.225 e. The first-order valence-electron chi connectivity index (χ1n) is 10.6. The summed E-state index contributed by atoms with van der Waals surface area (Å²) in [7, 11) is 0. The number of hydrogen-bond donors (Lipinski definition) is 2. The summed E-state index contributed by atoms with van der Waals surface area (Å²) in [4.78, 5) is 23.1. The van der Waals surface area contributed by atoms with E-state index in [4.69, 9.17) is 0 Å². The second-order valence-electron chi connectivity index (χ2n) is 7.72. The van der Waals surface area contributed by atoms with Crippen molar-refractivity contribution in [3.8, 4) is 10.6 Å². The fourth-order valence-electron chi connectivity index (χ4n) is 4.09. The molecular formula is C26H23N3OS2. The van der Waals surface area contributed by atoms with E-state index in [9.17, 15) is 4.79 Å². The third kappa shape index (κ3) is 4.24. The summed E-state index contributed by atoms with van der Waals surface area (Å²) in [5.74, 6) is 0.0866. The lowest BCUT2D eigenvalue weighted by Gasteiger charge is -2.18. The minimum absolute atomic E-state index is 0.0206. The molecule has 160 valence electrons. The SMILES string of the molecule is Cc1nc(-c2cccs2)c(CC(=O)NC[C@H](c2ccccc2)c2c[nH]c3ccccc23)s1. The number of nitrogens with zero attached hydrogens (tertiary/aromatic N) is 1. The fourth-order valence-corrected chi connectivity index (χ4v) is 5.85. The van der Waals surface area contributed by atoms with Crippen molar-refractivity contribution in [2.24, 2.45) is 0 Å². The van der Waals surface area contributed by atoms with E-state index in [1.807, 2.05) is 42.6 Å². The molecule has 5 rings (SSSR count). The molecule has 32 heavy (non-hydrogen) atoms. The molecule has 3 heterocycles. The van der Waals surface area contributed by atoms with Crippen molar-refractivity contribution >= 4 is 39.5 Å². The molecule has 5 aromatic rings. The van der Waals surface area contributed by atoms with Gasteiger partial charge in [-0.05, 0) is 35.6 Å². The zero-order chi connectivity index (χ0) is 21.9. The number of nitrogens with one attached hydrogen (secondary N) is 2. The van der Waals surface area contributed by atoms with Gasteiger partial charge in [-0.3, -0.25) is 4.79 Å². The monoisotopic (exact) mass is 457 g/mol. The maximum atomic E-state index is 13.0. The quantitative estimate of drug-likeness (QED) is 0.308. The first-order valence-corrected chi connectivity index (χ1v) is 12.3. The Morgan fingerprint density at radius 2 is 1.88 bits per heavy atom. The molecule has 4 nitrogen and oxygen atoms in total. The molecular weight excluding hydrogens is 434 g/mol. The summed E-state index contributed by atoms with van der Waals surface area (Å²) < 4.78 is 0. The lowest BCUT2D eigenvalue weighted by Crippen LogP contribution is -2.30. The van der Waals surface area contributed by atoms with Crippen LogP contribution in [0.2, 0.25) is 0 Å². The van der Waals surface area contributed by atoms with Gasteiger partial charge in [-0.15, -0.1) is 22.7 Å². The molecule has 0 aliphatic heterocycles. The molecule has 0 aliphatic rings. The Balaban J connectivity index is 1.37. The number of thiazole rings is 1. The average Bonchev–Trinajstić information content (AvgIpc) is 3.55. The van der Waals surface area contributed by atoms with Crippen molar-refractivity contribution < 1.29 is 4.79 Å². The second-order valence-corrected chi connectivity index (χ2v) is 9.95. The molecule has 2 aromatic carbocycles. The first-order chi connectivity index (χ1) is 15.7. The topological polar surface area (TPSA) is 57.8 Å². The van der Waals surface area contributed by atoms with Crippen LogP contribution in [0.3, 0.4) is 0 Å². The number of H-pyrrole nitrogens is 1. The molecule has 0 saturated carbocycles. The van der Waals surface area contributed by atoms with E-state index < -0.39 is 0 Å². The Morgan fingerprint density at radius 3 is 2.69 bits per heavy atom. The number of aryl methyl sites for hydroxylation is 1. The van der Waals surface area contributed by atoms with Gasteiger partial charge in [-0.1, -0.05) is 54.6 Å². The van der Waals surface area contributed by atoms with Crippen LogP contribution in [0.15, 0.2) is 78.3 Å². The normalized spacial score (nSPS) is 12.2. The average molecular weight is 458 g/mol. The van der Waals surface area contributed by atoms with Crippen LogP contribution in [-0.4, -0.2) is 22.4 Å². The van der Waals surface area contributed by atoms with E-state index in [1.54, 1.807) is 22.7 Å².